The van der Waals surface area contributed by atoms with E-state index in [9.17, 15) is 9.90 Å². The number of carboxylic acids is 1. The van der Waals surface area contributed by atoms with Gasteiger partial charge in [-0.05, 0) is 29.5 Å². The highest BCUT2D eigenvalue weighted by molar-refractivity contribution is 7.09. The topological polar surface area (TPSA) is 49.3 Å². The highest BCUT2D eigenvalue weighted by atomic mass is 32.1. The van der Waals surface area contributed by atoms with Crippen molar-refractivity contribution in [3.63, 3.8) is 0 Å². The van der Waals surface area contributed by atoms with Gasteiger partial charge >= 0.3 is 5.97 Å². The average Bonchev–Trinajstić information content (AvgIpc) is 2.84. The molecule has 1 aromatic carbocycles. The summed E-state index contributed by atoms with van der Waals surface area (Å²) in [5.74, 6) is -0.846. The Balaban J connectivity index is 2.14. The first-order chi connectivity index (χ1) is 8.68. The van der Waals surface area contributed by atoms with Gasteiger partial charge in [-0.1, -0.05) is 30.3 Å². The van der Waals surface area contributed by atoms with E-state index < -0.39 is 12.0 Å². The number of carboxylic acid groups (broad SMARTS) is 1. The fourth-order valence-electron chi connectivity index (χ4n) is 1.86. The minimum absolute atomic E-state index is 0.572. The first kappa shape index (κ1) is 12.8. The molecular weight excluding hydrogens is 246 g/mol. The summed E-state index contributed by atoms with van der Waals surface area (Å²) in [4.78, 5) is 12.5. The van der Waals surface area contributed by atoms with Crippen LogP contribution in [0.1, 0.15) is 22.0 Å². The standard InChI is InChI=1S/C14H15NO2S/c1-10-5-2-3-7-12(10)13(14(16)17)15-9-11-6-4-8-18-11/h2-8,13,15H,9H2,1H3,(H,16,17). The van der Waals surface area contributed by atoms with Crippen molar-refractivity contribution in [3.8, 4) is 0 Å². The predicted octanol–water partition coefficient (Wildman–Crippen LogP) is 2.97. The summed E-state index contributed by atoms with van der Waals surface area (Å²) in [6.45, 7) is 2.50. The molecule has 3 nitrogen and oxygen atoms in total. The zero-order chi connectivity index (χ0) is 13.0. The van der Waals surface area contributed by atoms with Crippen LogP contribution in [0.4, 0.5) is 0 Å². The maximum atomic E-state index is 11.4. The van der Waals surface area contributed by atoms with E-state index in [4.69, 9.17) is 0 Å². The lowest BCUT2D eigenvalue weighted by molar-refractivity contribution is -0.139. The number of hydrogen-bond acceptors (Lipinski definition) is 3. The van der Waals surface area contributed by atoms with E-state index in [1.54, 1.807) is 11.3 Å². The van der Waals surface area contributed by atoms with Gasteiger partial charge in [0.05, 0.1) is 0 Å². The third-order valence-electron chi connectivity index (χ3n) is 2.81. The number of thiophene rings is 1. The van der Waals surface area contributed by atoms with Crippen molar-refractivity contribution in [2.45, 2.75) is 19.5 Å². The van der Waals surface area contributed by atoms with E-state index >= 15 is 0 Å². The van der Waals surface area contributed by atoms with E-state index in [0.717, 1.165) is 16.0 Å². The van der Waals surface area contributed by atoms with Crippen LogP contribution in [0.5, 0.6) is 0 Å². The lowest BCUT2D eigenvalue weighted by Gasteiger charge is -2.16. The van der Waals surface area contributed by atoms with Gasteiger partial charge in [0, 0.05) is 11.4 Å². The molecule has 2 rings (SSSR count). The van der Waals surface area contributed by atoms with Crippen LogP contribution in [-0.4, -0.2) is 11.1 Å². The molecule has 0 bridgehead atoms. The summed E-state index contributed by atoms with van der Waals surface area (Å²) in [6, 6.07) is 10.9. The van der Waals surface area contributed by atoms with Crippen molar-refractivity contribution in [2.24, 2.45) is 0 Å². The van der Waals surface area contributed by atoms with Crippen molar-refractivity contribution < 1.29 is 9.90 Å². The Morgan fingerprint density at radius 1 is 1.33 bits per heavy atom. The van der Waals surface area contributed by atoms with E-state index in [1.807, 2.05) is 48.7 Å². The maximum absolute atomic E-state index is 11.4. The van der Waals surface area contributed by atoms with Gasteiger partial charge in [-0.25, -0.2) is 0 Å². The van der Waals surface area contributed by atoms with Crippen LogP contribution >= 0.6 is 11.3 Å². The molecule has 0 saturated heterocycles. The predicted molar refractivity (Wildman–Crippen MR) is 72.7 cm³/mol. The summed E-state index contributed by atoms with van der Waals surface area (Å²) < 4.78 is 0. The number of hydrogen-bond donors (Lipinski definition) is 2. The van der Waals surface area contributed by atoms with Gasteiger partial charge in [-0.2, -0.15) is 0 Å². The van der Waals surface area contributed by atoms with Crippen molar-refractivity contribution in [1.29, 1.82) is 0 Å². The second-order valence-corrected chi connectivity index (χ2v) is 5.12. The van der Waals surface area contributed by atoms with Crippen LogP contribution in [0, 0.1) is 6.92 Å². The molecule has 0 radical (unpaired) electrons. The normalized spacial score (nSPS) is 12.3. The van der Waals surface area contributed by atoms with Crippen LogP contribution in [0.25, 0.3) is 0 Å². The monoisotopic (exact) mass is 261 g/mol. The van der Waals surface area contributed by atoms with Crippen LogP contribution in [-0.2, 0) is 11.3 Å². The van der Waals surface area contributed by atoms with Gasteiger partial charge in [-0.3, -0.25) is 10.1 Å². The first-order valence-electron chi connectivity index (χ1n) is 5.72. The van der Waals surface area contributed by atoms with Gasteiger partial charge < -0.3 is 5.11 Å². The van der Waals surface area contributed by atoms with Gasteiger partial charge in [-0.15, -0.1) is 11.3 Å². The Bertz CT molecular complexity index is 522. The van der Waals surface area contributed by atoms with E-state index in [-0.39, 0.29) is 0 Å². The SMILES string of the molecule is Cc1ccccc1C(NCc1cccs1)C(=O)O. The Morgan fingerprint density at radius 3 is 2.72 bits per heavy atom. The number of carbonyl (C=O) groups is 1. The maximum Gasteiger partial charge on any atom is 0.325 e. The lowest BCUT2D eigenvalue weighted by Crippen LogP contribution is -2.28. The second kappa shape index (κ2) is 5.80. The average molecular weight is 261 g/mol. The molecule has 0 fully saturated rings. The van der Waals surface area contributed by atoms with E-state index in [0.29, 0.717) is 6.54 Å². The summed E-state index contributed by atoms with van der Waals surface area (Å²) in [6.07, 6.45) is 0. The molecule has 0 spiro atoms. The largest absolute Gasteiger partial charge is 0.480 e. The minimum Gasteiger partial charge on any atom is -0.480 e. The molecule has 18 heavy (non-hydrogen) atoms. The van der Waals surface area contributed by atoms with E-state index in [1.165, 1.54) is 0 Å². The molecule has 2 aromatic rings. The molecule has 2 N–H and O–H groups in total. The number of aliphatic carboxylic acids is 1. The molecule has 0 amide bonds. The second-order valence-electron chi connectivity index (χ2n) is 4.09. The number of benzene rings is 1. The van der Waals surface area contributed by atoms with Gasteiger partial charge in [0.15, 0.2) is 0 Å². The summed E-state index contributed by atoms with van der Waals surface area (Å²) >= 11 is 1.62. The highest BCUT2D eigenvalue weighted by Gasteiger charge is 2.20. The van der Waals surface area contributed by atoms with E-state index in [2.05, 4.69) is 5.32 Å². The molecule has 1 aromatic heterocycles. The molecule has 0 saturated carbocycles. The van der Waals surface area contributed by atoms with Crippen molar-refractivity contribution in [2.75, 3.05) is 0 Å². The highest BCUT2D eigenvalue weighted by Crippen LogP contribution is 2.19. The van der Waals surface area contributed by atoms with Gasteiger partial charge in [0.1, 0.15) is 6.04 Å². The van der Waals surface area contributed by atoms with Crippen molar-refractivity contribution in [1.82, 2.24) is 5.32 Å². The number of nitrogens with one attached hydrogen (secondary N) is 1. The minimum atomic E-state index is -0.846. The zero-order valence-electron chi connectivity index (χ0n) is 10.1. The first-order valence-corrected chi connectivity index (χ1v) is 6.60. The summed E-state index contributed by atoms with van der Waals surface area (Å²) in [5, 5.41) is 14.4. The van der Waals surface area contributed by atoms with Crippen LogP contribution in [0.3, 0.4) is 0 Å². The molecule has 0 aliphatic rings. The quantitative estimate of drug-likeness (QED) is 0.870. The number of aryl methyl sites for hydroxylation is 1. The summed E-state index contributed by atoms with van der Waals surface area (Å²) in [5.41, 5.74) is 1.81. The Morgan fingerprint density at radius 2 is 2.11 bits per heavy atom. The zero-order valence-corrected chi connectivity index (χ0v) is 10.9. The molecule has 94 valence electrons. The summed E-state index contributed by atoms with van der Waals surface area (Å²) in [7, 11) is 0. The Hall–Kier alpha value is -1.65. The molecule has 1 unspecified atom stereocenters. The van der Waals surface area contributed by atoms with Crippen molar-refractivity contribution in [3.05, 3.63) is 57.8 Å². The molecule has 4 heteroatoms. The lowest BCUT2D eigenvalue weighted by atomic mass is 10.0. The molecular formula is C14H15NO2S. The van der Waals surface area contributed by atoms with Gasteiger partial charge in [0.25, 0.3) is 0 Å². The van der Waals surface area contributed by atoms with Crippen LogP contribution in [0.2, 0.25) is 0 Å². The third kappa shape index (κ3) is 2.97. The fraction of sp³-hybridized carbons (Fsp3) is 0.214. The van der Waals surface area contributed by atoms with Crippen LogP contribution in [0.15, 0.2) is 41.8 Å². The van der Waals surface area contributed by atoms with Crippen LogP contribution < -0.4 is 5.32 Å². The Kier molecular flexibility index (Phi) is 4.12. The molecule has 1 atom stereocenters. The van der Waals surface area contributed by atoms with Gasteiger partial charge in [0.2, 0.25) is 0 Å². The number of rotatable bonds is 5. The van der Waals surface area contributed by atoms with Crippen molar-refractivity contribution >= 4 is 17.3 Å². The molecule has 0 aliphatic heterocycles. The molecule has 1 heterocycles. The smallest absolute Gasteiger partial charge is 0.325 e. The fourth-order valence-corrected chi connectivity index (χ4v) is 2.51. The third-order valence-corrected chi connectivity index (χ3v) is 3.68. The molecule has 0 aliphatic carbocycles. The Labute approximate surface area is 110 Å².